The second-order valence-corrected chi connectivity index (χ2v) is 4.60. The van der Waals surface area contributed by atoms with E-state index in [0.29, 0.717) is 5.56 Å². The number of ether oxygens (including phenoxy) is 1. The van der Waals surface area contributed by atoms with Crippen LogP contribution in [-0.2, 0) is 4.79 Å². The lowest BCUT2D eigenvalue weighted by Crippen LogP contribution is -2.28. The third-order valence-electron chi connectivity index (χ3n) is 3.02. The van der Waals surface area contributed by atoms with Crippen molar-refractivity contribution in [1.82, 2.24) is 5.32 Å². The highest BCUT2D eigenvalue weighted by Crippen LogP contribution is 2.26. The van der Waals surface area contributed by atoms with Gasteiger partial charge >= 0.3 is 0 Å². The number of para-hydroxylation sites is 1. The molecule has 2 rings (SSSR count). The normalized spacial score (nSPS) is 10.5. The number of phenolic OH excluding ortho intramolecular Hbond substituents is 2. The van der Waals surface area contributed by atoms with Crippen LogP contribution in [0.5, 0.6) is 17.2 Å². The van der Waals surface area contributed by atoms with Crippen LogP contribution in [-0.4, -0.2) is 29.1 Å². The predicted molar refractivity (Wildman–Crippen MR) is 84.3 cm³/mol. The van der Waals surface area contributed by atoms with Gasteiger partial charge in [0.05, 0.1) is 12.7 Å². The first kappa shape index (κ1) is 16.1. The van der Waals surface area contributed by atoms with Gasteiger partial charge in [-0.25, -0.2) is 0 Å². The van der Waals surface area contributed by atoms with Crippen molar-refractivity contribution in [2.45, 2.75) is 0 Å². The van der Waals surface area contributed by atoms with E-state index in [-0.39, 0.29) is 22.8 Å². The first-order valence-corrected chi connectivity index (χ1v) is 6.69. The Hall–Kier alpha value is -3.28. The minimum absolute atomic E-state index is 0.0103. The lowest BCUT2D eigenvalue weighted by molar-refractivity contribution is -0.115. The molecule has 0 bridgehead atoms. The molecule has 0 fully saturated rings. The van der Waals surface area contributed by atoms with E-state index in [1.807, 2.05) is 0 Å². The third kappa shape index (κ3) is 4.10. The summed E-state index contributed by atoms with van der Waals surface area (Å²) in [6, 6.07) is 10.5. The second kappa shape index (κ2) is 7.13. The van der Waals surface area contributed by atoms with Crippen LogP contribution >= 0.6 is 0 Å². The Kier molecular flexibility index (Phi) is 4.99. The van der Waals surface area contributed by atoms with Crippen LogP contribution in [0.15, 0.2) is 48.5 Å². The van der Waals surface area contributed by atoms with Gasteiger partial charge in [-0.2, -0.15) is 0 Å². The number of hydrogen-bond acceptors (Lipinski definition) is 5. The zero-order valence-electron chi connectivity index (χ0n) is 12.3. The van der Waals surface area contributed by atoms with Crippen LogP contribution in [0.1, 0.15) is 15.9 Å². The molecule has 6 heteroatoms. The van der Waals surface area contributed by atoms with Gasteiger partial charge < -0.3 is 14.9 Å². The van der Waals surface area contributed by atoms with Gasteiger partial charge in [-0.3, -0.25) is 14.9 Å². The summed E-state index contributed by atoms with van der Waals surface area (Å²) >= 11 is 0. The molecular weight excluding hydrogens is 298 g/mol. The highest BCUT2D eigenvalue weighted by Gasteiger charge is 2.12. The van der Waals surface area contributed by atoms with Gasteiger partial charge in [-0.05, 0) is 35.9 Å². The second-order valence-electron chi connectivity index (χ2n) is 4.60. The van der Waals surface area contributed by atoms with Crippen molar-refractivity contribution in [2.75, 3.05) is 7.11 Å². The van der Waals surface area contributed by atoms with E-state index >= 15 is 0 Å². The monoisotopic (exact) mass is 313 g/mol. The van der Waals surface area contributed by atoms with Gasteiger partial charge in [0, 0.05) is 6.08 Å². The van der Waals surface area contributed by atoms with E-state index < -0.39 is 11.8 Å². The van der Waals surface area contributed by atoms with Gasteiger partial charge in [0.25, 0.3) is 11.8 Å². The Balaban J connectivity index is 2.05. The SMILES string of the molecule is COc1cc(C=CC(=O)NC(=O)c2ccccc2O)ccc1O. The lowest BCUT2D eigenvalue weighted by Gasteiger charge is -2.04. The summed E-state index contributed by atoms with van der Waals surface area (Å²) in [5.74, 6) is -1.27. The van der Waals surface area contributed by atoms with Crippen molar-refractivity contribution in [3.8, 4) is 17.2 Å². The van der Waals surface area contributed by atoms with Gasteiger partial charge in [0.2, 0.25) is 0 Å². The van der Waals surface area contributed by atoms with E-state index in [1.54, 1.807) is 24.3 Å². The summed E-state index contributed by atoms with van der Waals surface area (Å²) in [5, 5.41) is 21.2. The van der Waals surface area contributed by atoms with Crippen molar-refractivity contribution in [3.05, 3.63) is 59.7 Å². The van der Waals surface area contributed by atoms with Crippen LogP contribution in [0.2, 0.25) is 0 Å². The maximum absolute atomic E-state index is 11.9. The van der Waals surface area contributed by atoms with E-state index in [9.17, 15) is 19.8 Å². The molecule has 0 aliphatic carbocycles. The Labute approximate surface area is 132 Å². The molecule has 0 atom stereocenters. The molecule has 2 aromatic carbocycles. The van der Waals surface area contributed by atoms with E-state index in [2.05, 4.69) is 5.32 Å². The van der Waals surface area contributed by atoms with Gasteiger partial charge in [-0.1, -0.05) is 18.2 Å². The molecule has 2 aromatic rings. The number of carbonyl (C=O) groups excluding carboxylic acids is 2. The molecule has 0 aliphatic heterocycles. The molecule has 0 heterocycles. The number of carbonyl (C=O) groups is 2. The molecule has 0 saturated carbocycles. The van der Waals surface area contributed by atoms with E-state index in [4.69, 9.17) is 4.74 Å². The molecule has 0 unspecified atom stereocenters. The van der Waals surface area contributed by atoms with Crippen LogP contribution in [0.3, 0.4) is 0 Å². The van der Waals surface area contributed by atoms with E-state index in [1.165, 1.54) is 37.5 Å². The molecule has 0 radical (unpaired) electrons. The molecule has 2 amide bonds. The molecule has 3 N–H and O–H groups in total. The highest BCUT2D eigenvalue weighted by molar-refractivity contribution is 6.10. The number of imide groups is 1. The summed E-state index contributed by atoms with van der Waals surface area (Å²) < 4.78 is 4.96. The number of aromatic hydroxyl groups is 2. The molecule has 118 valence electrons. The number of amides is 2. The van der Waals surface area contributed by atoms with Crippen LogP contribution < -0.4 is 10.1 Å². The Morgan fingerprint density at radius 1 is 1.09 bits per heavy atom. The number of rotatable bonds is 4. The molecule has 6 nitrogen and oxygen atoms in total. The molecule has 0 aromatic heterocycles. The average Bonchev–Trinajstić information content (AvgIpc) is 2.54. The van der Waals surface area contributed by atoms with Gasteiger partial charge in [0.1, 0.15) is 5.75 Å². The first-order valence-electron chi connectivity index (χ1n) is 6.69. The Morgan fingerprint density at radius 2 is 1.83 bits per heavy atom. The fourth-order valence-electron chi connectivity index (χ4n) is 1.86. The summed E-state index contributed by atoms with van der Waals surface area (Å²) in [4.78, 5) is 23.6. The summed E-state index contributed by atoms with van der Waals surface area (Å²) in [6.07, 6.45) is 2.64. The van der Waals surface area contributed by atoms with Gasteiger partial charge in [0.15, 0.2) is 11.5 Å². The van der Waals surface area contributed by atoms with Gasteiger partial charge in [-0.15, -0.1) is 0 Å². The lowest BCUT2D eigenvalue weighted by atomic mass is 10.1. The summed E-state index contributed by atoms with van der Waals surface area (Å²) in [5.41, 5.74) is 0.630. The maximum Gasteiger partial charge on any atom is 0.261 e. The molecular formula is C17H15NO5. The average molecular weight is 313 g/mol. The minimum Gasteiger partial charge on any atom is -0.507 e. The largest absolute Gasteiger partial charge is 0.507 e. The highest BCUT2D eigenvalue weighted by atomic mass is 16.5. The zero-order chi connectivity index (χ0) is 16.8. The maximum atomic E-state index is 11.9. The minimum atomic E-state index is -0.693. The first-order chi connectivity index (χ1) is 11.0. The van der Waals surface area contributed by atoms with Crippen molar-refractivity contribution in [1.29, 1.82) is 0 Å². The Morgan fingerprint density at radius 3 is 2.52 bits per heavy atom. The van der Waals surface area contributed by atoms with Crippen molar-refractivity contribution < 1.29 is 24.5 Å². The number of nitrogens with one attached hydrogen (secondary N) is 1. The number of benzene rings is 2. The predicted octanol–water partition coefficient (Wildman–Crippen LogP) is 2.08. The molecule has 0 spiro atoms. The molecule has 23 heavy (non-hydrogen) atoms. The van der Waals surface area contributed by atoms with Crippen LogP contribution in [0, 0.1) is 0 Å². The van der Waals surface area contributed by atoms with Crippen molar-refractivity contribution >= 4 is 17.9 Å². The molecule has 0 aliphatic rings. The topological polar surface area (TPSA) is 95.9 Å². The standard InChI is InChI=1S/C17H15NO5/c1-23-15-10-11(6-8-14(15)20)7-9-16(21)18-17(22)12-4-2-3-5-13(12)19/h2-10,19-20H,1H3,(H,18,21,22). The van der Waals surface area contributed by atoms with E-state index in [0.717, 1.165) is 0 Å². The third-order valence-corrected chi connectivity index (χ3v) is 3.02. The van der Waals surface area contributed by atoms with Crippen molar-refractivity contribution in [2.24, 2.45) is 0 Å². The number of hydrogen-bond donors (Lipinski definition) is 3. The number of phenols is 2. The van der Waals surface area contributed by atoms with Crippen LogP contribution in [0.4, 0.5) is 0 Å². The van der Waals surface area contributed by atoms with Crippen LogP contribution in [0.25, 0.3) is 6.08 Å². The summed E-state index contributed by atoms with van der Waals surface area (Å²) in [7, 11) is 1.42. The van der Waals surface area contributed by atoms with Crippen molar-refractivity contribution in [3.63, 3.8) is 0 Å². The summed E-state index contributed by atoms with van der Waals surface area (Å²) in [6.45, 7) is 0. The quantitative estimate of drug-likeness (QED) is 0.751. The molecule has 0 saturated heterocycles. The smallest absolute Gasteiger partial charge is 0.261 e. The number of methoxy groups -OCH3 is 1. The Bertz CT molecular complexity index is 767. The zero-order valence-corrected chi connectivity index (χ0v) is 12.3. The fourth-order valence-corrected chi connectivity index (χ4v) is 1.86. The fraction of sp³-hybridized carbons (Fsp3) is 0.0588.